The summed E-state index contributed by atoms with van der Waals surface area (Å²) in [5, 5.41) is 17.9. The predicted octanol–water partition coefficient (Wildman–Crippen LogP) is 4.86. The molecule has 0 bridgehead atoms. The lowest BCUT2D eigenvalue weighted by Gasteiger charge is -2.30. The standard InChI is InChI=1S/C28H24FN5O4/c29-22-7-5-16(14-24-19-3-1-2-4-20(19)26(35)33-32-24)13-21(22)17-6-8-23-25(15-17)31-27(30-23)34(28(36)37)18-9-11-38-12-10-18/h1-8,13,15,18H,9-12,14H2,(H,30,31)(H,33,35)(H,36,37). The number of carboxylic acid groups (broad SMARTS) is 1. The van der Waals surface area contributed by atoms with E-state index < -0.39 is 6.09 Å². The predicted molar refractivity (Wildman–Crippen MR) is 141 cm³/mol. The van der Waals surface area contributed by atoms with Crippen molar-refractivity contribution in [3.05, 3.63) is 88.1 Å². The molecule has 9 nitrogen and oxygen atoms in total. The van der Waals surface area contributed by atoms with E-state index in [0.717, 1.165) is 10.9 Å². The number of amides is 1. The van der Waals surface area contributed by atoms with Crippen molar-refractivity contribution in [1.82, 2.24) is 20.2 Å². The van der Waals surface area contributed by atoms with Crippen molar-refractivity contribution >= 4 is 33.8 Å². The first-order valence-electron chi connectivity index (χ1n) is 12.3. The molecule has 0 atom stereocenters. The average Bonchev–Trinajstić information content (AvgIpc) is 3.34. The fourth-order valence-electron chi connectivity index (χ4n) is 5.04. The Bertz CT molecular complexity index is 1720. The number of hydrogen-bond donors (Lipinski definition) is 3. The van der Waals surface area contributed by atoms with E-state index in [0.29, 0.717) is 65.7 Å². The van der Waals surface area contributed by atoms with Crippen LogP contribution >= 0.6 is 0 Å². The number of carbonyl (C=O) groups is 1. The van der Waals surface area contributed by atoms with E-state index in [9.17, 15) is 19.1 Å². The zero-order valence-corrected chi connectivity index (χ0v) is 20.3. The van der Waals surface area contributed by atoms with Crippen LogP contribution in [0.2, 0.25) is 0 Å². The number of halogens is 1. The molecule has 3 heterocycles. The second-order valence-electron chi connectivity index (χ2n) is 9.32. The molecule has 1 aliphatic heterocycles. The Kier molecular flexibility index (Phi) is 6.09. The van der Waals surface area contributed by atoms with Gasteiger partial charge in [0.05, 0.1) is 22.1 Å². The van der Waals surface area contributed by atoms with Gasteiger partial charge in [0.1, 0.15) is 5.82 Å². The summed E-state index contributed by atoms with van der Waals surface area (Å²) in [6.45, 7) is 0.998. The third-order valence-corrected chi connectivity index (χ3v) is 6.95. The summed E-state index contributed by atoms with van der Waals surface area (Å²) >= 11 is 0. The Hall–Kier alpha value is -4.57. The quantitative estimate of drug-likeness (QED) is 0.308. The molecule has 5 aromatic rings. The largest absolute Gasteiger partial charge is 0.465 e. The topological polar surface area (TPSA) is 124 Å². The van der Waals surface area contributed by atoms with Crippen molar-refractivity contribution in [3.8, 4) is 11.1 Å². The van der Waals surface area contributed by atoms with Crippen LogP contribution in [-0.4, -0.2) is 50.6 Å². The summed E-state index contributed by atoms with van der Waals surface area (Å²) in [6, 6.07) is 17.2. The Labute approximate surface area is 215 Å². The molecule has 1 aliphatic rings. The Morgan fingerprint density at radius 3 is 2.66 bits per heavy atom. The van der Waals surface area contributed by atoms with E-state index in [-0.39, 0.29) is 23.4 Å². The van der Waals surface area contributed by atoms with Crippen molar-refractivity contribution in [2.75, 3.05) is 18.1 Å². The summed E-state index contributed by atoms with van der Waals surface area (Å²) in [6.07, 6.45) is 0.496. The normalized spacial score (nSPS) is 14.2. The number of rotatable bonds is 5. The van der Waals surface area contributed by atoms with E-state index in [4.69, 9.17) is 4.74 Å². The van der Waals surface area contributed by atoms with Crippen LogP contribution < -0.4 is 10.5 Å². The lowest BCUT2D eigenvalue weighted by molar-refractivity contribution is 0.0835. The van der Waals surface area contributed by atoms with Gasteiger partial charge in [0.25, 0.3) is 5.56 Å². The molecule has 0 spiro atoms. The van der Waals surface area contributed by atoms with Gasteiger partial charge in [0.15, 0.2) is 0 Å². The number of nitrogens with zero attached hydrogens (tertiary/aromatic N) is 3. The maximum Gasteiger partial charge on any atom is 0.414 e. The monoisotopic (exact) mass is 513 g/mol. The van der Waals surface area contributed by atoms with Gasteiger partial charge in [-0.25, -0.2) is 24.2 Å². The molecular weight excluding hydrogens is 489 g/mol. The SMILES string of the molecule is O=C(O)N(c1nc2ccc(-c3cc(Cc4n[nH]c(=O)c5ccccc45)ccc3F)cc2[nH]1)C1CCOCC1. The maximum atomic E-state index is 15.0. The molecule has 1 fully saturated rings. The van der Waals surface area contributed by atoms with Crippen molar-refractivity contribution in [3.63, 3.8) is 0 Å². The van der Waals surface area contributed by atoms with Gasteiger partial charge in [0.2, 0.25) is 5.95 Å². The van der Waals surface area contributed by atoms with Crippen LogP contribution in [0.3, 0.4) is 0 Å². The number of imidazole rings is 1. The summed E-state index contributed by atoms with van der Waals surface area (Å²) in [5.74, 6) is -0.150. The number of benzene rings is 3. The molecule has 38 heavy (non-hydrogen) atoms. The van der Waals surface area contributed by atoms with E-state index >= 15 is 0 Å². The van der Waals surface area contributed by atoms with Gasteiger partial charge in [-0.1, -0.05) is 30.3 Å². The Balaban J connectivity index is 1.34. The number of fused-ring (bicyclic) bond motifs is 2. The molecule has 192 valence electrons. The van der Waals surface area contributed by atoms with Gasteiger partial charge in [-0.05, 0) is 54.3 Å². The highest BCUT2D eigenvalue weighted by atomic mass is 19.1. The summed E-state index contributed by atoms with van der Waals surface area (Å²) in [5.41, 5.74) is 3.47. The third-order valence-electron chi connectivity index (χ3n) is 6.95. The second kappa shape index (κ2) is 9.71. The molecule has 0 radical (unpaired) electrons. The average molecular weight is 514 g/mol. The summed E-state index contributed by atoms with van der Waals surface area (Å²) in [7, 11) is 0. The van der Waals surface area contributed by atoms with Gasteiger partial charge in [-0.3, -0.25) is 4.79 Å². The molecule has 0 unspecified atom stereocenters. The lowest BCUT2D eigenvalue weighted by atomic mass is 9.98. The molecule has 1 saturated heterocycles. The van der Waals surface area contributed by atoms with E-state index in [1.54, 1.807) is 42.5 Å². The smallest absolute Gasteiger partial charge is 0.414 e. The van der Waals surface area contributed by atoms with E-state index in [2.05, 4.69) is 20.2 Å². The Morgan fingerprint density at radius 1 is 1.08 bits per heavy atom. The first kappa shape index (κ1) is 23.8. The third kappa shape index (κ3) is 4.39. The number of anilines is 1. The van der Waals surface area contributed by atoms with Gasteiger partial charge in [-0.15, -0.1) is 0 Å². The number of aromatic nitrogens is 4. The van der Waals surface area contributed by atoms with Gasteiger partial charge < -0.3 is 14.8 Å². The molecule has 10 heteroatoms. The van der Waals surface area contributed by atoms with Gasteiger partial charge >= 0.3 is 6.09 Å². The summed E-state index contributed by atoms with van der Waals surface area (Å²) < 4.78 is 20.4. The van der Waals surface area contributed by atoms with Crippen LogP contribution in [0.15, 0.2) is 65.5 Å². The maximum absolute atomic E-state index is 15.0. The highest BCUT2D eigenvalue weighted by Gasteiger charge is 2.29. The van der Waals surface area contributed by atoms with Crippen LogP contribution in [0.4, 0.5) is 15.1 Å². The van der Waals surface area contributed by atoms with Gasteiger partial charge in [0, 0.05) is 36.6 Å². The molecule has 1 amide bonds. The van der Waals surface area contributed by atoms with Crippen LogP contribution in [0.1, 0.15) is 24.1 Å². The molecule has 6 rings (SSSR count). The van der Waals surface area contributed by atoms with E-state index in [1.807, 2.05) is 12.1 Å². The molecule has 3 aromatic carbocycles. The minimum Gasteiger partial charge on any atom is -0.465 e. The van der Waals surface area contributed by atoms with Crippen LogP contribution in [-0.2, 0) is 11.2 Å². The minimum atomic E-state index is -1.08. The number of nitrogens with one attached hydrogen (secondary N) is 2. The number of H-pyrrole nitrogens is 2. The lowest BCUT2D eigenvalue weighted by Crippen LogP contribution is -2.43. The van der Waals surface area contributed by atoms with Crippen molar-refractivity contribution in [2.45, 2.75) is 25.3 Å². The van der Waals surface area contributed by atoms with Crippen molar-refractivity contribution < 1.29 is 19.0 Å². The summed E-state index contributed by atoms with van der Waals surface area (Å²) in [4.78, 5) is 33.0. The van der Waals surface area contributed by atoms with Gasteiger partial charge in [-0.2, -0.15) is 5.10 Å². The highest BCUT2D eigenvalue weighted by molar-refractivity contribution is 5.89. The first-order valence-corrected chi connectivity index (χ1v) is 12.3. The first-order chi connectivity index (χ1) is 18.5. The fraction of sp³-hybridized carbons (Fsp3) is 0.214. The van der Waals surface area contributed by atoms with Crippen LogP contribution in [0.5, 0.6) is 0 Å². The zero-order valence-electron chi connectivity index (χ0n) is 20.3. The van der Waals surface area contributed by atoms with Crippen LogP contribution in [0, 0.1) is 5.82 Å². The Morgan fingerprint density at radius 2 is 1.87 bits per heavy atom. The fourth-order valence-corrected chi connectivity index (χ4v) is 5.04. The number of hydrogen-bond acceptors (Lipinski definition) is 5. The molecule has 3 N–H and O–H groups in total. The molecule has 0 saturated carbocycles. The van der Waals surface area contributed by atoms with Crippen LogP contribution in [0.25, 0.3) is 32.9 Å². The second-order valence-corrected chi connectivity index (χ2v) is 9.32. The molecule has 2 aromatic heterocycles. The molecule has 0 aliphatic carbocycles. The zero-order chi connectivity index (χ0) is 26.2. The minimum absolute atomic E-state index is 0.229. The van der Waals surface area contributed by atoms with Crippen molar-refractivity contribution in [2.24, 2.45) is 0 Å². The number of ether oxygens (including phenoxy) is 1. The van der Waals surface area contributed by atoms with Crippen molar-refractivity contribution in [1.29, 1.82) is 0 Å². The highest BCUT2D eigenvalue weighted by Crippen LogP contribution is 2.30. The van der Waals surface area contributed by atoms with E-state index in [1.165, 1.54) is 11.0 Å². The molecular formula is C28H24FN5O4. The number of aromatic amines is 2.